The van der Waals surface area contributed by atoms with Gasteiger partial charge in [-0.3, -0.25) is 19.7 Å². The highest BCUT2D eigenvalue weighted by Gasteiger charge is 2.26. The first-order valence-corrected chi connectivity index (χ1v) is 9.81. The predicted molar refractivity (Wildman–Crippen MR) is 116 cm³/mol. The van der Waals surface area contributed by atoms with E-state index in [1.54, 1.807) is 30.8 Å². The van der Waals surface area contributed by atoms with Crippen molar-refractivity contribution in [2.75, 3.05) is 5.32 Å². The number of nitro benzene ring substituents is 1. The highest BCUT2D eigenvalue weighted by molar-refractivity contribution is 6.32. The van der Waals surface area contributed by atoms with Crippen LogP contribution in [0.5, 0.6) is 0 Å². The summed E-state index contributed by atoms with van der Waals surface area (Å²) in [7, 11) is 0. The number of para-hydroxylation sites is 1. The maximum Gasteiger partial charge on any atom is 0.288 e. The second kappa shape index (κ2) is 9.40. The molecule has 2 amide bonds. The van der Waals surface area contributed by atoms with E-state index < -0.39 is 22.8 Å². The second-order valence-electron chi connectivity index (χ2n) is 7.09. The summed E-state index contributed by atoms with van der Waals surface area (Å²) in [5, 5.41) is 20.6. The van der Waals surface area contributed by atoms with E-state index in [9.17, 15) is 19.7 Å². The Bertz CT molecular complexity index is 1110. The van der Waals surface area contributed by atoms with Gasteiger partial charge in [0.2, 0.25) is 5.91 Å². The predicted octanol–water partition coefficient (Wildman–Crippen LogP) is 3.83. The molecule has 0 bridgehead atoms. The van der Waals surface area contributed by atoms with E-state index in [4.69, 9.17) is 11.6 Å². The fourth-order valence-corrected chi connectivity index (χ4v) is 3.06. The Labute approximate surface area is 183 Å². The van der Waals surface area contributed by atoms with Gasteiger partial charge in [0.25, 0.3) is 11.6 Å². The first-order chi connectivity index (χ1) is 14.8. The van der Waals surface area contributed by atoms with Gasteiger partial charge >= 0.3 is 0 Å². The van der Waals surface area contributed by atoms with E-state index in [1.165, 1.54) is 12.1 Å². The Morgan fingerprint density at radius 3 is 2.48 bits per heavy atom. The van der Waals surface area contributed by atoms with Crippen LogP contribution in [0.2, 0.25) is 5.02 Å². The number of amides is 2. The minimum atomic E-state index is -0.885. The topological polar surface area (TPSA) is 119 Å². The minimum absolute atomic E-state index is 0.0305. The number of rotatable bonds is 7. The smallest absolute Gasteiger partial charge is 0.288 e. The molecule has 3 aromatic rings. The second-order valence-corrected chi connectivity index (χ2v) is 7.50. The van der Waals surface area contributed by atoms with Crippen LogP contribution in [0, 0.1) is 16.0 Å². The third kappa shape index (κ3) is 5.26. The molecule has 9 nitrogen and oxygen atoms in total. The van der Waals surface area contributed by atoms with E-state index in [-0.39, 0.29) is 22.2 Å². The fraction of sp³-hybridized carbons (Fsp3) is 0.190. The van der Waals surface area contributed by atoms with Gasteiger partial charge in [0, 0.05) is 23.9 Å². The third-order valence-corrected chi connectivity index (χ3v) is 4.82. The molecule has 31 heavy (non-hydrogen) atoms. The molecular weight excluding hydrogens is 422 g/mol. The van der Waals surface area contributed by atoms with Crippen molar-refractivity contribution < 1.29 is 14.5 Å². The molecular formula is C21H20ClN5O4. The Morgan fingerprint density at radius 2 is 1.84 bits per heavy atom. The number of nitrogens with zero attached hydrogens (tertiary/aromatic N) is 3. The summed E-state index contributed by atoms with van der Waals surface area (Å²) in [5.74, 6) is -0.994. The highest BCUT2D eigenvalue weighted by atomic mass is 35.5. The van der Waals surface area contributed by atoms with Crippen molar-refractivity contribution in [2.45, 2.75) is 19.9 Å². The normalized spacial score (nSPS) is 11.7. The van der Waals surface area contributed by atoms with Gasteiger partial charge in [0.05, 0.1) is 10.6 Å². The van der Waals surface area contributed by atoms with Crippen molar-refractivity contribution >= 4 is 34.9 Å². The van der Waals surface area contributed by atoms with Crippen molar-refractivity contribution in [1.29, 1.82) is 0 Å². The number of hydrogen-bond donors (Lipinski definition) is 2. The molecule has 0 saturated carbocycles. The molecule has 0 aliphatic carbocycles. The van der Waals surface area contributed by atoms with Gasteiger partial charge in [-0.25, -0.2) is 4.68 Å². The summed E-state index contributed by atoms with van der Waals surface area (Å²) in [4.78, 5) is 35.8. The van der Waals surface area contributed by atoms with Crippen LogP contribution in [-0.4, -0.2) is 32.6 Å². The molecule has 0 aliphatic heterocycles. The molecule has 0 aliphatic rings. The molecule has 0 radical (unpaired) electrons. The molecule has 0 spiro atoms. The van der Waals surface area contributed by atoms with Gasteiger partial charge in [-0.15, -0.1) is 0 Å². The minimum Gasteiger partial charge on any atom is -0.340 e. The van der Waals surface area contributed by atoms with E-state index in [1.807, 2.05) is 30.3 Å². The van der Waals surface area contributed by atoms with Gasteiger partial charge in [0.15, 0.2) is 5.82 Å². The van der Waals surface area contributed by atoms with Gasteiger partial charge in [-0.05, 0) is 30.2 Å². The number of hydrogen-bond acceptors (Lipinski definition) is 5. The third-order valence-electron chi connectivity index (χ3n) is 4.50. The van der Waals surface area contributed by atoms with Crippen LogP contribution in [0.25, 0.3) is 5.69 Å². The van der Waals surface area contributed by atoms with Crippen molar-refractivity contribution in [2.24, 2.45) is 5.92 Å². The number of aromatic nitrogens is 2. The van der Waals surface area contributed by atoms with Gasteiger partial charge in [-0.1, -0.05) is 43.6 Å². The van der Waals surface area contributed by atoms with Gasteiger partial charge in [0.1, 0.15) is 11.1 Å². The number of carbonyl (C=O) groups is 2. The summed E-state index contributed by atoms with van der Waals surface area (Å²) in [6, 6.07) is 13.9. The zero-order valence-electron chi connectivity index (χ0n) is 16.8. The largest absolute Gasteiger partial charge is 0.340 e. The Hall–Kier alpha value is -3.72. The lowest BCUT2D eigenvalue weighted by atomic mass is 10.0. The number of nitrogens with one attached hydrogen (secondary N) is 2. The lowest BCUT2D eigenvalue weighted by Crippen LogP contribution is -2.47. The van der Waals surface area contributed by atoms with Crippen LogP contribution in [0.15, 0.2) is 60.8 Å². The van der Waals surface area contributed by atoms with Crippen LogP contribution in [0.4, 0.5) is 11.5 Å². The molecule has 2 N–H and O–H groups in total. The summed E-state index contributed by atoms with van der Waals surface area (Å²) < 4.78 is 1.62. The zero-order valence-corrected chi connectivity index (χ0v) is 17.5. The number of benzene rings is 2. The van der Waals surface area contributed by atoms with E-state index in [0.717, 1.165) is 11.8 Å². The summed E-state index contributed by atoms with van der Waals surface area (Å²) in [5.41, 5.74) is 0.482. The van der Waals surface area contributed by atoms with Crippen LogP contribution >= 0.6 is 11.6 Å². The first-order valence-electron chi connectivity index (χ1n) is 9.43. The maximum atomic E-state index is 12.8. The molecule has 10 heteroatoms. The van der Waals surface area contributed by atoms with Crippen molar-refractivity contribution in [3.63, 3.8) is 0 Å². The number of anilines is 1. The highest BCUT2D eigenvalue weighted by Crippen LogP contribution is 2.25. The maximum absolute atomic E-state index is 12.8. The van der Waals surface area contributed by atoms with Gasteiger partial charge in [-0.2, -0.15) is 5.10 Å². The van der Waals surface area contributed by atoms with Crippen molar-refractivity contribution in [3.05, 3.63) is 81.5 Å². The molecule has 3 rings (SSSR count). The Balaban J connectivity index is 1.73. The lowest BCUT2D eigenvalue weighted by molar-refractivity contribution is -0.384. The average Bonchev–Trinajstić information content (AvgIpc) is 3.20. The Morgan fingerprint density at radius 1 is 1.13 bits per heavy atom. The molecule has 2 aromatic carbocycles. The van der Waals surface area contributed by atoms with Crippen molar-refractivity contribution in [3.8, 4) is 5.69 Å². The van der Waals surface area contributed by atoms with E-state index in [0.29, 0.717) is 5.82 Å². The lowest BCUT2D eigenvalue weighted by Gasteiger charge is -2.21. The fourth-order valence-electron chi connectivity index (χ4n) is 2.87. The molecule has 1 atom stereocenters. The molecule has 0 fully saturated rings. The van der Waals surface area contributed by atoms with E-state index >= 15 is 0 Å². The van der Waals surface area contributed by atoms with Crippen molar-refractivity contribution in [1.82, 2.24) is 15.1 Å². The Kier molecular flexibility index (Phi) is 6.66. The average molecular weight is 442 g/mol. The zero-order chi connectivity index (χ0) is 22.5. The number of halogens is 1. The summed E-state index contributed by atoms with van der Waals surface area (Å²) >= 11 is 5.79. The van der Waals surface area contributed by atoms with E-state index in [2.05, 4.69) is 15.7 Å². The molecule has 1 heterocycles. The molecule has 1 unspecified atom stereocenters. The van der Waals surface area contributed by atoms with Gasteiger partial charge < -0.3 is 10.6 Å². The van der Waals surface area contributed by atoms with Crippen LogP contribution in [-0.2, 0) is 4.79 Å². The molecule has 160 valence electrons. The SMILES string of the molecule is CC(C)C(NC(=O)c1ccc(Cl)c([N+](=O)[O-])c1)C(=O)Nc1ccn(-c2ccccc2)n1. The van der Waals surface area contributed by atoms with Crippen LogP contribution in [0.3, 0.4) is 0 Å². The van der Waals surface area contributed by atoms with Crippen LogP contribution < -0.4 is 10.6 Å². The molecule has 0 saturated heterocycles. The number of nitro groups is 1. The number of carbonyl (C=O) groups excluding carboxylic acids is 2. The monoisotopic (exact) mass is 441 g/mol. The quantitative estimate of drug-likeness (QED) is 0.426. The summed E-state index contributed by atoms with van der Waals surface area (Å²) in [6.45, 7) is 3.55. The first kappa shape index (κ1) is 22.0. The molecule has 1 aromatic heterocycles. The standard InChI is InChI=1S/C21H20ClN5O4/c1-13(2)19(24-20(28)14-8-9-16(22)17(12-14)27(30)31)21(29)23-18-10-11-26(25-18)15-6-4-3-5-7-15/h3-13,19H,1-2H3,(H,24,28)(H,23,25,29). The van der Waals surface area contributed by atoms with Crippen LogP contribution in [0.1, 0.15) is 24.2 Å². The summed E-state index contributed by atoms with van der Waals surface area (Å²) in [6.07, 6.45) is 1.71.